The predicted octanol–water partition coefficient (Wildman–Crippen LogP) is 2.80. The average Bonchev–Trinajstić information content (AvgIpc) is 2.48. The lowest BCUT2D eigenvalue weighted by Gasteiger charge is -2.29. The Labute approximate surface area is 132 Å². The van der Waals surface area contributed by atoms with Crippen LogP contribution in [-0.2, 0) is 10.0 Å². The van der Waals surface area contributed by atoms with E-state index in [0.29, 0.717) is 23.0 Å². The number of hydrogen-bond donors (Lipinski definition) is 1. The lowest BCUT2D eigenvalue weighted by atomic mass is 10.1. The summed E-state index contributed by atoms with van der Waals surface area (Å²) in [6.45, 7) is 5.63. The molecule has 4 nitrogen and oxygen atoms in total. The van der Waals surface area contributed by atoms with Gasteiger partial charge in [-0.05, 0) is 44.0 Å². The van der Waals surface area contributed by atoms with Crippen LogP contribution < -0.4 is 5.32 Å². The van der Waals surface area contributed by atoms with E-state index >= 15 is 0 Å². The zero-order valence-electron chi connectivity index (χ0n) is 12.6. The van der Waals surface area contributed by atoms with Crippen LogP contribution in [0, 0.1) is 6.92 Å². The summed E-state index contributed by atoms with van der Waals surface area (Å²) in [6.07, 6.45) is 3.36. The van der Waals surface area contributed by atoms with Gasteiger partial charge in [0, 0.05) is 24.2 Å². The van der Waals surface area contributed by atoms with E-state index in [1.165, 1.54) is 6.42 Å². The molecule has 0 aliphatic carbocycles. The molecular formula is C15H23ClN2O2S. The van der Waals surface area contributed by atoms with Crippen molar-refractivity contribution in [2.24, 2.45) is 0 Å². The van der Waals surface area contributed by atoms with Gasteiger partial charge in [0.05, 0.1) is 4.90 Å². The highest BCUT2D eigenvalue weighted by molar-refractivity contribution is 7.89. The van der Waals surface area contributed by atoms with Crippen molar-refractivity contribution in [3.05, 3.63) is 28.8 Å². The number of benzene rings is 1. The van der Waals surface area contributed by atoms with Crippen LogP contribution in [0.5, 0.6) is 0 Å². The Morgan fingerprint density at radius 1 is 1.38 bits per heavy atom. The quantitative estimate of drug-likeness (QED) is 0.903. The van der Waals surface area contributed by atoms with Gasteiger partial charge in [-0.15, -0.1) is 0 Å². The lowest BCUT2D eigenvalue weighted by molar-refractivity contribution is 0.319. The second kappa shape index (κ2) is 7.09. The van der Waals surface area contributed by atoms with Gasteiger partial charge in [-0.25, -0.2) is 8.42 Å². The standard InChI is InChI=1S/C15H23ClN2O2S/c1-3-18(11-14-6-4-5-9-17-14)21(19,20)15-10-13(16)8-7-12(15)2/h7-8,10,14,17H,3-6,9,11H2,1-2H3. The van der Waals surface area contributed by atoms with Crippen LogP contribution in [0.25, 0.3) is 0 Å². The first-order valence-electron chi connectivity index (χ1n) is 7.45. The molecule has 0 radical (unpaired) electrons. The molecule has 118 valence electrons. The largest absolute Gasteiger partial charge is 0.313 e. The van der Waals surface area contributed by atoms with E-state index in [2.05, 4.69) is 5.32 Å². The van der Waals surface area contributed by atoms with E-state index < -0.39 is 10.0 Å². The molecule has 1 unspecified atom stereocenters. The Morgan fingerprint density at radius 3 is 2.76 bits per heavy atom. The molecule has 0 amide bonds. The predicted molar refractivity (Wildman–Crippen MR) is 86.3 cm³/mol. The van der Waals surface area contributed by atoms with E-state index in [-0.39, 0.29) is 6.04 Å². The number of hydrogen-bond acceptors (Lipinski definition) is 3. The third-order valence-electron chi connectivity index (χ3n) is 3.96. The second-order valence-electron chi connectivity index (χ2n) is 5.51. The van der Waals surface area contributed by atoms with Gasteiger partial charge in [0.15, 0.2) is 0 Å². The number of nitrogens with zero attached hydrogens (tertiary/aromatic N) is 1. The maximum atomic E-state index is 12.8. The van der Waals surface area contributed by atoms with Gasteiger partial charge in [0.2, 0.25) is 10.0 Å². The number of nitrogens with one attached hydrogen (secondary N) is 1. The molecule has 1 aliphatic heterocycles. The van der Waals surface area contributed by atoms with E-state index in [9.17, 15) is 8.42 Å². The highest BCUT2D eigenvalue weighted by Gasteiger charge is 2.28. The molecule has 0 spiro atoms. The number of aryl methyl sites for hydroxylation is 1. The zero-order valence-corrected chi connectivity index (χ0v) is 14.2. The first kappa shape index (κ1) is 16.7. The minimum atomic E-state index is -3.49. The Kier molecular flexibility index (Phi) is 5.66. The molecule has 0 saturated carbocycles. The van der Waals surface area contributed by atoms with Gasteiger partial charge in [-0.1, -0.05) is 31.0 Å². The molecule has 6 heteroatoms. The van der Waals surface area contributed by atoms with Crippen LogP contribution in [0.1, 0.15) is 31.7 Å². The monoisotopic (exact) mass is 330 g/mol. The molecule has 1 aromatic carbocycles. The van der Waals surface area contributed by atoms with E-state index in [1.54, 1.807) is 29.4 Å². The molecule has 21 heavy (non-hydrogen) atoms. The number of likely N-dealkylation sites (N-methyl/N-ethyl adjacent to an activating group) is 1. The van der Waals surface area contributed by atoms with Crippen LogP contribution in [0.3, 0.4) is 0 Å². The third kappa shape index (κ3) is 3.97. The second-order valence-corrected chi connectivity index (χ2v) is 7.86. The average molecular weight is 331 g/mol. The summed E-state index contributed by atoms with van der Waals surface area (Å²) < 4.78 is 27.2. The third-order valence-corrected chi connectivity index (χ3v) is 6.27. The highest BCUT2D eigenvalue weighted by Crippen LogP contribution is 2.24. The Hall–Kier alpha value is -0.620. The van der Waals surface area contributed by atoms with Gasteiger partial charge in [0.1, 0.15) is 0 Å². The molecule has 1 aromatic rings. The van der Waals surface area contributed by atoms with E-state index in [0.717, 1.165) is 24.9 Å². The van der Waals surface area contributed by atoms with Crippen LogP contribution in [0.4, 0.5) is 0 Å². The smallest absolute Gasteiger partial charge is 0.243 e. The van der Waals surface area contributed by atoms with Crippen molar-refractivity contribution < 1.29 is 8.42 Å². The molecule has 1 N–H and O–H groups in total. The van der Waals surface area contributed by atoms with Crippen molar-refractivity contribution in [2.45, 2.75) is 44.0 Å². The lowest BCUT2D eigenvalue weighted by Crippen LogP contribution is -2.45. The van der Waals surface area contributed by atoms with Gasteiger partial charge >= 0.3 is 0 Å². The van der Waals surface area contributed by atoms with Crippen molar-refractivity contribution in [3.63, 3.8) is 0 Å². The molecule has 1 heterocycles. The van der Waals surface area contributed by atoms with Gasteiger partial charge in [0.25, 0.3) is 0 Å². The molecular weight excluding hydrogens is 308 g/mol. The summed E-state index contributed by atoms with van der Waals surface area (Å²) in [5, 5.41) is 3.85. The zero-order chi connectivity index (χ0) is 15.5. The normalized spacial score (nSPS) is 19.9. The summed E-state index contributed by atoms with van der Waals surface area (Å²) in [6, 6.07) is 5.26. The van der Waals surface area contributed by atoms with Gasteiger partial charge in [-0.2, -0.15) is 4.31 Å². The van der Waals surface area contributed by atoms with Crippen LogP contribution >= 0.6 is 11.6 Å². The molecule has 1 aliphatic rings. The van der Waals surface area contributed by atoms with Crippen molar-refractivity contribution in [3.8, 4) is 0 Å². The number of rotatable bonds is 5. The molecule has 0 aromatic heterocycles. The summed E-state index contributed by atoms with van der Waals surface area (Å²) in [4.78, 5) is 0.313. The van der Waals surface area contributed by atoms with Crippen LogP contribution in [0.2, 0.25) is 5.02 Å². The number of piperidine rings is 1. The Balaban J connectivity index is 2.24. The highest BCUT2D eigenvalue weighted by atomic mass is 35.5. The SMILES string of the molecule is CCN(CC1CCCCN1)S(=O)(=O)c1cc(Cl)ccc1C. The molecule has 1 fully saturated rings. The van der Waals surface area contributed by atoms with Crippen molar-refractivity contribution >= 4 is 21.6 Å². The fraction of sp³-hybridized carbons (Fsp3) is 0.600. The minimum Gasteiger partial charge on any atom is -0.313 e. The summed E-state index contributed by atoms with van der Waals surface area (Å²) in [5.41, 5.74) is 0.731. The van der Waals surface area contributed by atoms with Crippen molar-refractivity contribution in [2.75, 3.05) is 19.6 Å². The Bertz CT molecular complexity index is 583. The molecule has 2 rings (SSSR count). The summed E-state index contributed by atoms with van der Waals surface area (Å²) >= 11 is 5.97. The van der Waals surface area contributed by atoms with Crippen LogP contribution in [-0.4, -0.2) is 38.4 Å². The summed E-state index contributed by atoms with van der Waals surface area (Å²) in [7, 11) is -3.49. The minimum absolute atomic E-state index is 0.243. The fourth-order valence-electron chi connectivity index (χ4n) is 2.71. The molecule has 1 saturated heterocycles. The number of halogens is 1. The maximum Gasteiger partial charge on any atom is 0.243 e. The van der Waals surface area contributed by atoms with Gasteiger partial charge in [-0.3, -0.25) is 0 Å². The van der Waals surface area contributed by atoms with Crippen LogP contribution in [0.15, 0.2) is 23.1 Å². The molecule has 1 atom stereocenters. The van der Waals surface area contributed by atoms with Crippen molar-refractivity contribution in [1.29, 1.82) is 0 Å². The first-order valence-corrected chi connectivity index (χ1v) is 9.26. The topological polar surface area (TPSA) is 49.4 Å². The van der Waals surface area contributed by atoms with Crippen molar-refractivity contribution in [1.82, 2.24) is 9.62 Å². The fourth-order valence-corrected chi connectivity index (χ4v) is 4.70. The first-order chi connectivity index (χ1) is 9.95. The van der Waals surface area contributed by atoms with E-state index in [1.807, 2.05) is 6.92 Å². The van der Waals surface area contributed by atoms with E-state index in [4.69, 9.17) is 11.6 Å². The Morgan fingerprint density at radius 2 is 2.14 bits per heavy atom. The van der Waals surface area contributed by atoms with Gasteiger partial charge < -0.3 is 5.32 Å². The number of sulfonamides is 1. The maximum absolute atomic E-state index is 12.8. The summed E-state index contributed by atoms with van der Waals surface area (Å²) in [5.74, 6) is 0. The molecule has 0 bridgehead atoms.